The molecule has 0 fully saturated rings. The Bertz CT molecular complexity index is 405. The first kappa shape index (κ1) is 10.8. The first-order valence-corrected chi connectivity index (χ1v) is 5.34. The molecule has 2 rings (SSSR count). The zero-order valence-electron chi connectivity index (χ0n) is 8.69. The molecule has 0 atom stereocenters. The summed E-state index contributed by atoms with van der Waals surface area (Å²) in [4.78, 5) is 0. The quantitative estimate of drug-likeness (QED) is 0.824. The van der Waals surface area contributed by atoms with Crippen LogP contribution in [0.15, 0.2) is 48.5 Å². The molecule has 2 N–H and O–H groups in total. The summed E-state index contributed by atoms with van der Waals surface area (Å²) in [6.07, 6.45) is 0. The highest BCUT2D eigenvalue weighted by Gasteiger charge is 1.96. The number of ether oxygens (including phenoxy) is 1. The molecule has 16 heavy (non-hydrogen) atoms. The van der Waals surface area contributed by atoms with Crippen molar-refractivity contribution in [2.45, 2.75) is 6.61 Å². The minimum atomic E-state index is 0.530. The summed E-state index contributed by atoms with van der Waals surface area (Å²) in [7, 11) is 0. The molecule has 0 bridgehead atoms. The van der Waals surface area contributed by atoms with E-state index in [-0.39, 0.29) is 0 Å². The molecular formula is C13H12ClNO. The van der Waals surface area contributed by atoms with Gasteiger partial charge in [0.15, 0.2) is 0 Å². The van der Waals surface area contributed by atoms with Crippen LogP contribution in [0.5, 0.6) is 5.75 Å². The standard InChI is InChI=1S/C13H12ClNO/c14-11-3-7-13(8-4-11)16-9-10-1-5-12(15)6-2-10/h1-8H,9,15H2. The molecule has 0 radical (unpaired) electrons. The normalized spacial score (nSPS) is 10.1. The van der Waals surface area contributed by atoms with Crippen LogP contribution in [0.3, 0.4) is 0 Å². The molecule has 2 aromatic rings. The lowest BCUT2D eigenvalue weighted by atomic mass is 10.2. The number of halogens is 1. The molecule has 0 saturated heterocycles. The molecule has 0 aromatic heterocycles. The van der Waals surface area contributed by atoms with Gasteiger partial charge in [0.1, 0.15) is 12.4 Å². The number of rotatable bonds is 3. The Hall–Kier alpha value is -1.67. The van der Waals surface area contributed by atoms with E-state index in [0.29, 0.717) is 11.6 Å². The summed E-state index contributed by atoms with van der Waals surface area (Å²) < 4.78 is 5.59. The summed E-state index contributed by atoms with van der Waals surface area (Å²) in [5, 5.41) is 0.708. The van der Waals surface area contributed by atoms with Gasteiger partial charge in [0.05, 0.1) is 0 Å². The average molecular weight is 234 g/mol. The Morgan fingerprint density at radius 2 is 1.56 bits per heavy atom. The molecule has 0 aliphatic heterocycles. The van der Waals surface area contributed by atoms with E-state index in [1.54, 1.807) is 12.1 Å². The summed E-state index contributed by atoms with van der Waals surface area (Å²) in [6, 6.07) is 14.9. The van der Waals surface area contributed by atoms with Crippen molar-refractivity contribution in [2.75, 3.05) is 5.73 Å². The molecule has 2 nitrogen and oxygen atoms in total. The topological polar surface area (TPSA) is 35.2 Å². The maximum Gasteiger partial charge on any atom is 0.119 e. The maximum absolute atomic E-state index is 5.78. The number of anilines is 1. The second-order valence-corrected chi connectivity index (χ2v) is 3.92. The highest BCUT2D eigenvalue weighted by molar-refractivity contribution is 6.30. The number of hydrogen-bond donors (Lipinski definition) is 1. The molecule has 0 aliphatic carbocycles. The van der Waals surface area contributed by atoms with Gasteiger partial charge in [-0.2, -0.15) is 0 Å². The van der Waals surface area contributed by atoms with Gasteiger partial charge in [0, 0.05) is 10.7 Å². The van der Waals surface area contributed by atoms with Gasteiger partial charge >= 0.3 is 0 Å². The zero-order chi connectivity index (χ0) is 11.4. The smallest absolute Gasteiger partial charge is 0.119 e. The predicted molar refractivity (Wildman–Crippen MR) is 66.6 cm³/mol. The molecule has 0 aliphatic rings. The fraction of sp³-hybridized carbons (Fsp3) is 0.0769. The third-order valence-corrected chi connectivity index (χ3v) is 2.45. The van der Waals surface area contributed by atoms with Crippen molar-refractivity contribution in [1.82, 2.24) is 0 Å². The van der Waals surface area contributed by atoms with E-state index in [9.17, 15) is 0 Å². The van der Waals surface area contributed by atoms with Gasteiger partial charge in [0.25, 0.3) is 0 Å². The summed E-state index contributed by atoms with van der Waals surface area (Å²) in [6.45, 7) is 0.530. The van der Waals surface area contributed by atoms with Gasteiger partial charge in [-0.05, 0) is 42.0 Å². The zero-order valence-corrected chi connectivity index (χ0v) is 9.45. The van der Waals surface area contributed by atoms with Crippen LogP contribution in [0.4, 0.5) is 5.69 Å². The monoisotopic (exact) mass is 233 g/mol. The Morgan fingerprint density at radius 1 is 0.938 bits per heavy atom. The Labute approximate surface area is 99.6 Å². The van der Waals surface area contributed by atoms with Crippen molar-refractivity contribution in [3.05, 3.63) is 59.1 Å². The third-order valence-electron chi connectivity index (χ3n) is 2.20. The van der Waals surface area contributed by atoms with Crippen molar-refractivity contribution < 1.29 is 4.74 Å². The minimum absolute atomic E-state index is 0.530. The van der Waals surface area contributed by atoms with E-state index in [2.05, 4.69) is 0 Å². The van der Waals surface area contributed by atoms with Gasteiger partial charge in [-0.3, -0.25) is 0 Å². The second kappa shape index (κ2) is 4.90. The molecule has 3 heteroatoms. The highest BCUT2D eigenvalue weighted by atomic mass is 35.5. The number of nitrogens with two attached hydrogens (primary N) is 1. The van der Waals surface area contributed by atoms with Gasteiger partial charge in [0.2, 0.25) is 0 Å². The lowest BCUT2D eigenvalue weighted by Gasteiger charge is -2.06. The van der Waals surface area contributed by atoms with E-state index in [1.165, 1.54) is 0 Å². The minimum Gasteiger partial charge on any atom is -0.489 e. The van der Waals surface area contributed by atoms with Crippen molar-refractivity contribution in [3.8, 4) is 5.75 Å². The summed E-state index contributed by atoms with van der Waals surface area (Å²) in [5.74, 6) is 0.807. The number of nitrogen functional groups attached to an aromatic ring is 1. The van der Waals surface area contributed by atoms with Crippen LogP contribution in [-0.2, 0) is 6.61 Å². The van der Waals surface area contributed by atoms with Gasteiger partial charge in [-0.25, -0.2) is 0 Å². The molecule has 0 amide bonds. The van der Waals surface area contributed by atoms with Crippen molar-refractivity contribution in [3.63, 3.8) is 0 Å². The SMILES string of the molecule is Nc1ccc(COc2ccc(Cl)cc2)cc1. The van der Waals surface area contributed by atoms with Crippen LogP contribution in [0.25, 0.3) is 0 Å². The molecule has 0 unspecified atom stereocenters. The first-order valence-electron chi connectivity index (χ1n) is 4.97. The van der Waals surface area contributed by atoms with Crippen molar-refractivity contribution in [2.24, 2.45) is 0 Å². The van der Waals surface area contributed by atoms with Crippen molar-refractivity contribution >= 4 is 17.3 Å². The van der Waals surface area contributed by atoms with Crippen molar-refractivity contribution in [1.29, 1.82) is 0 Å². The molecule has 82 valence electrons. The van der Waals surface area contributed by atoms with E-state index in [1.807, 2.05) is 36.4 Å². The molecule has 0 spiro atoms. The molecule has 0 heterocycles. The Balaban J connectivity index is 1.97. The van der Waals surface area contributed by atoms with Gasteiger partial charge in [-0.1, -0.05) is 23.7 Å². The van der Waals surface area contributed by atoms with E-state index < -0.39 is 0 Å². The molecule has 2 aromatic carbocycles. The Kier molecular flexibility index (Phi) is 3.32. The number of benzene rings is 2. The van der Waals surface area contributed by atoms with Gasteiger partial charge < -0.3 is 10.5 Å². The van der Waals surface area contributed by atoms with Crippen LogP contribution in [0, 0.1) is 0 Å². The second-order valence-electron chi connectivity index (χ2n) is 3.48. The van der Waals surface area contributed by atoms with Gasteiger partial charge in [-0.15, -0.1) is 0 Å². The van der Waals surface area contributed by atoms with Crippen LogP contribution >= 0.6 is 11.6 Å². The highest BCUT2D eigenvalue weighted by Crippen LogP contribution is 2.17. The number of hydrogen-bond acceptors (Lipinski definition) is 2. The lowest BCUT2D eigenvalue weighted by molar-refractivity contribution is 0.306. The largest absolute Gasteiger partial charge is 0.489 e. The molecule has 0 saturated carbocycles. The van der Waals surface area contributed by atoms with E-state index >= 15 is 0 Å². The first-order chi connectivity index (χ1) is 7.74. The van der Waals surface area contributed by atoms with Crippen LogP contribution in [0.1, 0.15) is 5.56 Å². The van der Waals surface area contributed by atoms with E-state index in [4.69, 9.17) is 22.1 Å². The average Bonchev–Trinajstić information content (AvgIpc) is 2.30. The van der Waals surface area contributed by atoms with Crippen LogP contribution < -0.4 is 10.5 Å². The predicted octanol–water partition coefficient (Wildman–Crippen LogP) is 3.50. The maximum atomic E-state index is 5.78. The summed E-state index contributed by atoms with van der Waals surface area (Å²) >= 11 is 5.78. The van der Waals surface area contributed by atoms with Crippen LogP contribution in [0.2, 0.25) is 5.02 Å². The summed E-state index contributed by atoms with van der Waals surface area (Å²) in [5.41, 5.74) is 7.44. The molecular weight excluding hydrogens is 222 g/mol. The fourth-order valence-electron chi connectivity index (χ4n) is 1.31. The van der Waals surface area contributed by atoms with E-state index in [0.717, 1.165) is 17.0 Å². The van der Waals surface area contributed by atoms with Crippen LogP contribution in [-0.4, -0.2) is 0 Å². The Morgan fingerprint density at radius 3 is 2.19 bits per heavy atom. The third kappa shape index (κ3) is 2.91. The lowest BCUT2D eigenvalue weighted by Crippen LogP contribution is -1.95. The fourth-order valence-corrected chi connectivity index (χ4v) is 1.44.